The summed E-state index contributed by atoms with van der Waals surface area (Å²) in [6.07, 6.45) is 1.42. The average Bonchev–Trinajstić information content (AvgIpc) is 2.54. The third kappa shape index (κ3) is 4.21. The fourth-order valence-corrected chi connectivity index (χ4v) is 2.03. The molecule has 0 bridgehead atoms. The van der Waals surface area contributed by atoms with Crippen LogP contribution in [0.25, 0.3) is 0 Å². The van der Waals surface area contributed by atoms with Crippen LogP contribution < -0.4 is 10.6 Å². The predicted octanol–water partition coefficient (Wildman–Crippen LogP) is 4.07. The maximum absolute atomic E-state index is 12.2. The topological polar surface area (TPSA) is 64.9 Å². The van der Waals surface area contributed by atoms with Gasteiger partial charge in [0.1, 0.15) is 11.6 Å². The Labute approximate surface area is 136 Å². The first-order valence-corrected chi connectivity index (χ1v) is 7.32. The van der Waals surface area contributed by atoms with E-state index >= 15 is 0 Å². The van der Waals surface area contributed by atoms with Crippen molar-refractivity contribution >= 4 is 17.3 Å². The highest BCUT2D eigenvalue weighted by Crippen LogP contribution is 2.18. The fourth-order valence-electron chi connectivity index (χ4n) is 2.03. The Morgan fingerprint density at radius 1 is 1.09 bits per heavy atom. The number of benzene rings is 2. The van der Waals surface area contributed by atoms with Crippen molar-refractivity contribution < 1.29 is 4.79 Å². The van der Waals surface area contributed by atoms with Gasteiger partial charge in [0.05, 0.1) is 0 Å². The lowest BCUT2D eigenvalue weighted by Crippen LogP contribution is -2.15. The molecule has 23 heavy (non-hydrogen) atoms. The molecule has 4 heteroatoms. The second-order valence-electron chi connectivity index (χ2n) is 5.38. The van der Waals surface area contributed by atoms with Gasteiger partial charge >= 0.3 is 0 Å². The molecule has 2 aromatic carbocycles. The maximum atomic E-state index is 12.2. The third-order valence-electron chi connectivity index (χ3n) is 3.65. The summed E-state index contributed by atoms with van der Waals surface area (Å²) in [5, 5.41) is 14.9. The van der Waals surface area contributed by atoms with Crippen LogP contribution in [0.1, 0.15) is 16.7 Å². The minimum absolute atomic E-state index is 0.0199. The van der Waals surface area contributed by atoms with Crippen molar-refractivity contribution in [3.63, 3.8) is 0 Å². The van der Waals surface area contributed by atoms with Crippen LogP contribution in [-0.2, 0) is 4.79 Å². The number of carbonyl (C=O) groups is 1. The lowest BCUT2D eigenvalue weighted by molar-refractivity contribution is -0.112. The standard InChI is InChI=1S/C19H19N3O/c1-13-7-9-17(10-8-13)21-12-16(11-20)19(23)22-18-6-4-5-14(2)15(18)3/h4-10,12,21H,1-3H3,(H,22,23)/b16-12-. The van der Waals surface area contributed by atoms with Gasteiger partial charge in [0.15, 0.2) is 0 Å². The summed E-state index contributed by atoms with van der Waals surface area (Å²) in [5.74, 6) is -0.430. The Hall–Kier alpha value is -3.06. The SMILES string of the molecule is Cc1ccc(N/C=C(/C#N)C(=O)Nc2cccc(C)c2C)cc1. The minimum Gasteiger partial charge on any atom is -0.360 e. The van der Waals surface area contributed by atoms with E-state index < -0.39 is 5.91 Å². The quantitative estimate of drug-likeness (QED) is 0.661. The van der Waals surface area contributed by atoms with Gasteiger partial charge in [-0.15, -0.1) is 0 Å². The molecule has 0 saturated heterocycles. The van der Waals surface area contributed by atoms with Crippen LogP contribution in [0, 0.1) is 32.1 Å². The molecule has 2 aromatic rings. The lowest BCUT2D eigenvalue weighted by atomic mass is 10.1. The van der Waals surface area contributed by atoms with Crippen LogP contribution in [0.5, 0.6) is 0 Å². The molecule has 0 spiro atoms. The van der Waals surface area contributed by atoms with Gasteiger partial charge in [0, 0.05) is 17.6 Å². The van der Waals surface area contributed by atoms with Crippen LogP contribution in [0.4, 0.5) is 11.4 Å². The minimum atomic E-state index is -0.430. The van der Waals surface area contributed by atoms with E-state index in [0.29, 0.717) is 5.69 Å². The number of carbonyl (C=O) groups excluding carboxylic acids is 1. The Morgan fingerprint density at radius 3 is 2.43 bits per heavy atom. The number of nitrogens with zero attached hydrogens (tertiary/aromatic N) is 1. The zero-order valence-corrected chi connectivity index (χ0v) is 13.5. The first kappa shape index (κ1) is 16.3. The highest BCUT2D eigenvalue weighted by molar-refractivity contribution is 6.07. The molecule has 0 aliphatic carbocycles. The van der Waals surface area contributed by atoms with Gasteiger partial charge in [0.2, 0.25) is 0 Å². The number of aryl methyl sites for hydroxylation is 2. The molecule has 2 N–H and O–H groups in total. The molecule has 0 aliphatic heterocycles. The van der Waals surface area contributed by atoms with Gasteiger partial charge in [-0.25, -0.2) is 0 Å². The number of amides is 1. The summed E-state index contributed by atoms with van der Waals surface area (Å²) in [7, 11) is 0. The second-order valence-corrected chi connectivity index (χ2v) is 5.38. The molecule has 0 unspecified atom stereocenters. The van der Waals surface area contributed by atoms with E-state index in [1.165, 1.54) is 6.20 Å². The first-order valence-electron chi connectivity index (χ1n) is 7.32. The summed E-state index contributed by atoms with van der Waals surface area (Å²) in [4.78, 5) is 12.2. The van der Waals surface area contributed by atoms with Crippen LogP contribution in [-0.4, -0.2) is 5.91 Å². The molecule has 116 valence electrons. The molecule has 0 atom stereocenters. The number of nitrogens with one attached hydrogen (secondary N) is 2. The van der Waals surface area contributed by atoms with Crippen LogP contribution in [0.15, 0.2) is 54.2 Å². The zero-order chi connectivity index (χ0) is 16.8. The van der Waals surface area contributed by atoms with E-state index in [1.807, 2.05) is 69.3 Å². The van der Waals surface area contributed by atoms with E-state index in [-0.39, 0.29) is 5.57 Å². The van der Waals surface area contributed by atoms with Gasteiger partial charge < -0.3 is 10.6 Å². The van der Waals surface area contributed by atoms with Crippen molar-refractivity contribution in [3.8, 4) is 6.07 Å². The Morgan fingerprint density at radius 2 is 1.78 bits per heavy atom. The molecule has 4 nitrogen and oxygen atoms in total. The van der Waals surface area contributed by atoms with Gasteiger partial charge in [-0.3, -0.25) is 4.79 Å². The van der Waals surface area contributed by atoms with Gasteiger partial charge in [-0.1, -0.05) is 29.8 Å². The maximum Gasteiger partial charge on any atom is 0.267 e. The molecular formula is C19H19N3O. The zero-order valence-electron chi connectivity index (χ0n) is 13.5. The fraction of sp³-hybridized carbons (Fsp3) is 0.158. The van der Waals surface area contributed by atoms with Crippen LogP contribution >= 0.6 is 0 Å². The predicted molar refractivity (Wildman–Crippen MR) is 93.0 cm³/mol. The summed E-state index contributed by atoms with van der Waals surface area (Å²) in [6.45, 7) is 5.91. The summed E-state index contributed by atoms with van der Waals surface area (Å²) in [5.41, 5.74) is 4.78. The average molecular weight is 305 g/mol. The number of nitriles is 1. The Balaban J connectivity index is 2.12. The number of anilines is 2. The second kappa shape index (κ2) is 7.28. The molecule has 0 saturated carbocycles. The molecule has 0 radical (unpaired) electrons. The normalized spacial score (nSPS) is 10.8. The van der Waals surface area contributed by atoms with Crippen molar-refractivity contribution in [2.24, 2.45) is 0 Å². The van der Waals surface area contributed by atoms with Crippen LogP contribution in [0.2, 0.25) is 0 Å². The monoisotopic (exact) mass is 305 g/mol. The van der Waals surface area contributed by atoms with E-state index in [9.17, 15) is 10.1 Å². The Bertz CT molecular complexity index is 783. The van der Waals surface area contributed by atoms with E-state index in [0.717, 1.165) is 22.4 Å². The number of rotatable bonds is 4. The first-order chi connectivity index (χ1) is 11.0. The molecule has 1 amide bonds. The smallest absolute Gasteiger partial charge is 0.267 e. The number of hydrogen-bond acceptors (Lipinski definition) is 3. The van der Waals surface area contributed by atoms with E-state index in [4.69, 9.17) is 0 Å². The lowest BCUT2D eigenvalue weighted by Gasteiger charge is -2.10. The largest absolute Gasteiger partial charge is 0.360 e. The van der Waals surface area contributed by atoms with Crippen LogP contribution in [0.3, 0.4) is 0 Å². The van der Waals surface area contributed by atoms with E-state index in [1.54, 1.807) is 0 Å². The Kier molecular flexibility index (Phi) is 5.16. The van der Waals surface area contributed by atoms with Gasteiger partial charge in [-0.2, -0.15) is 5.26 Å². The molecule has 0 fully saturated rings. The summed E-state index contributed by atoms with van der Waals surface area (Å²) >= 11 is 0. The van der Waals surface area contributed by atoms with Crippen molar-refractivity contribution in [1.29, 1.82) is 5.26 Å². The summed E-state index contributed by atoms with van der Waals surface area (Å²) in [6, 6.07) is 15.3. The molecule has 2 rings (SSSR count). The number of hydrogen-bond donors (Lipinski definition) is 2. The van der Waals surface area contributed by atoms with Gasteiger partial charge in [0.25, 0.3) is 5.91 Å². The molecule has 0 heterocycles. The highest BCUT2D eigenvalue weighted by Gasteiger charge is 2.11. The highest BCUT2D eigenvalue weighted by atomic mass is 16.1. The molecular weight excluding hydrogens is 286 g/mol. The summed E-state index contributed by atoms with van der Waals surface area (Å²) < 4.78 is 0. The van der Waals surface area contributed by atoms with Crippen molar-refractivity contribution in [2.45, 2.75) is 20.8 Å². The van der Waals surface area contributed by atoms with Crippen molar-refractivity contribution in [3.05, 3.63) is 70.9 Å². The van der Waals surface area contributed by atoms with E-state index in [2.05, 4.69) is 10.6 Å². The van der Waals surface area contributed by atoms with Gasteiger partial charge in [-0.05, 0) is 50.1 Å². The third-order valence-corrected chi connectivity index (χ3v) is 3.65. The molecule has 0 aromatic heterocycles. The van der Waals surface area contributed by atoms with Crippen molar-refractivity contribution in [2.75, 3.05) is 10.6 Å². The van der Waals surface area contributed by atoms with Crippen molar-refractivity contribution in [1.82, 2.24) is 0 Å². The molecule has 0 aliphatic rings.